The number of piperidine rings is 2. The highest BCUT2D eigenvalue weighted by molar-refractivity contribution is 5.82. The number of aryl methyl sites for hydroxylation is 1. The van der Waals surface area contributed by atoms with Crippen LogP contribution in [-0.2, 0) is 25.5 Å². The molecule has 228 valence electrons. The highest BCUT2D eigenvalue weighted by Gasteiger charge is 2.31. The maximum absolute atomic E-state index is 13.1. The first-order chi connectivity index (χ1) is 19.4. The van der Waals surface area contributed by atoms with Gasteiger partial charge >= 0.3 is 12.1 Å². The molecule has 1 aromatic rings. The number of hydrogen-bond acceptors (Lipinski definition) is 6. The number of benzene rings is 1. The standard InChI is InChI=1S/C31H47N3O7/c1-31(2,3)41-30(39)33-18-15-23(16-19-33)10-14-27(35)34-17-5-6-24(21-34)29(38)32-25(20-28(36)37)11-7-22-8-12-26(40-4)13-9-22/h8-9,12-13,23-25H,5-7,10-11,14-21H2,1-4H3,(H,32,38)(H,36,37)/t24-,25?/m1/s1. The predicted octanol–water partition coefficient (Wildman–Crippen LogP) is 4.25. The molecule has 2 aliphatic rings. The van der Waals surface area contributed by atoms with Crippen molar-refractivity contribution in [1.29, 1.82) is 0 Å². The van der Waals surface area contributed by atoms with Crippen LogP contribution in [0.4, 0.5) is 4.79 Å². The average Bonchev–Trinajstić information content (AvgIpc) is 2.94. The molecule has 2 atom stereocenters. The van der Waals surface area contributed by atoms with E-state index in [2.05, 4.69) is 5.32 Å². The van der Waals surface area contributed by atoms with Gasteiger partial charge in [-0.1, -0.05) is 12.1 Å². The second kappa shape index (κ2) is 15.1. The molecule has 3 rings (SSSR count). The lowest BCUT2D eigenvalue weighted by atomic mass is 9.91. The lowest BCUT2D eigenvalue weighted by Crippen LogP contribution is -2.48. The molecule has 2 fully saturated rings. The molecular weight excluding hydrogens is 526 g/mol. The van der Waals surface area contributed by atoms with Crippen molar-refractivity contribution in [2.45, 2.75) is 90.2 Å². The van der Waals surface area contributed by atoms with Crippen LogP contribution in [0.2, 0.25) is 0 Å². The molecule has 10 nitrogen and oxygen atoms in total. The minimum atomic E-state index is -0.956. The molecule has 3 amide bonds. The quantitative estimate of drug-likeness (QED) is 0.405. The summed E-state index contributed by atoms with van der Waals surface area (Å²) in [5.74, 6) is -0.297. The molecule has 0 bridgehead atoms. The number of carboxylic acids is 1. The van der Waals surface area contributed by atoms with Gasteiger partial charge in [0, 0.05) is 38.6 Å². The molecule has 0 saturated carbocycles. The number of hydrogen-bond donors (Lipinski definition) is 2. The number of likely N-dealkylation sites (tertiary alicyclic amines) is 2. The van der Waals surface area contributed by atoms with E-state index in [9.17, 15) is 24.3 Å². The zero-order valence-electron chi connectivity index (χ0n) is 25.0. The minimum absolute atomic E-state index is 0.0543. The van der Waals surface area contributed by atoms with Gasteiger partial charge in [-0.25, -0.2) is 4.79 Å². The maximum Gasteiger partial charge on any atom is 0.410 e. The Morgan fingerprint density at radius 2 is 1.71 bits per heavy atom. The number of nitrogens with one attached hydrogen (secondary N) is 1. The number of amides is 3. The third kappa shape index (κ3) is 10.9. The molecule has 0 radical (unpaired) electrons. The fourth-order valence-electron chi connectivity index (χ4n) is 5.52. The molecule has 41 heavy (non-hydrogen) atoms. The van der Waals surface area contributed by atoms with E-state index in [0.29, 0.717) is 57.8 Å². The Kier molecular flexibility index (Phi) is 11.8. The summed E-state index contributed by atoms with van der Waals surface area (Å²) in [7, 11) is 1.60. The van der Waals surface area contributed by atoms with Crippen molar-refractivity contribution in [2.75, 3.05) is 33.3 Å². The van der Waals surface area contributed by atoms with Crippen LogP contribution in [0.3, 0.4) is 0 Å². The van der Waals surface area contributed by atoms with Crippen molar-refractivity contribution < 1.29 is 33.8 Å². The van der Waals surface area contributed by atoms with Crippen LogP contribution in [0.25, 0.3) is 0 Å². The molecule has 1 aromatic carbocycles. The summed E-state index contributed by atoms with van der Waals surface area (Å²) in [5, 5.41) is 12.4. The number of nitrogens with zero attached hydrogens (tertiary/aromatic N) is 2. The van der Waals surface area contributed by atoms with Gasteiger partial charge in [-0.05, 0) is 89.3 Å². The molecule has 0 spiro atoms. The first kappa shape index (κ1) is 32.2. The van der Waals surface area contributed by atoms with E-state index < -0.39 is 17.6 Å². The van der Waals surface area contributed by atoms with Gasteiger partial charge in [0.2, 0.25) is 11.8 Å². The van der Waals surface area contributed by atoms with Crippen molar-refractivity contribution in [3.8, 4) is 5.75 Å². The monoisotopic (exact) mass is 573 g/mol. The molecule has 2 aliphatic heterocycles. The highest BCUT2D eigenvalue weighted by atomic mass is 16.6. The second-order valence-electron chi connectivity index (χ2n) is 12.3. The van der Waals surface area contributed by atoms with Crippen LogP contribution >= 0.6 is 0 Å². The van der Waals surface area contributed by atoms with Gasteiger partial charge in [-0.2, -0.15) is 0 Å². The van der Waals surface area contributed by atoms with Crippen molar-refractivity contribution >= 4 is 23.9 Å². The summed E-state index contributed by atoms with van der Waals surface area (Å²) >= 11 is 0. The lowest BCUT2D eigenvalue weighted by Gasteiger charge is -2.35. The third-order valence-electron chi connectivity index (χ3n) is 7.89. The average molecular weight is 574 g/mol. The molecular formula is C31H47N3O7. The summed E-state index contributed by atoms with van der Waals surface area (Å²) in [6.07, 6.45) is 5.01. The van der Waals surface area contributed by atoms with Crippen molar-refractivity contribution in [1.82, 2.24) is 15.1 Å². The number of carboxylic acid groups (broad SMARTS) is 1. The second-order valence-corrected chi connectivity index (χ2v) is 12.3. The number of rotatable bonds is 11. The van der Waals surface area contributed by atoms with Crippen molar-refractivity contribution in [3.63, 3.8) is 0 Å². The molecule has 0 aromatic heterocycles. The van der Waals surface area contributed by atoms with E-state index >= 15 is 0 Å². The van der Waals surface area contributed by atoms with Crippen molar-refractivity contribution in [2.24, 2.45) is 11.8 Å². The fourth-order valence-corrected chi connectivity index (χ4v) is 5.52. The number of aliphatic carboxylic acids is 1. The Morgan fingerprint density at radius 1 is 1.02 bits per heavy atom. The first-order valence-electron chi connectivity index (χ1n) is 14.8. The molecule has 2 saturated heterocycles. The normalized spacial score (nSPS) is 18.9. The van der Waals surface area contributed by atoms with E-state index in [1.54, 1.807) is 16.9 Å². The van der Waals surface area contributed by atoms with E-state index in [1.807, 2.05) is 45.0 Å². The Labute approximate surface area is 243 Å². The van der Waals surface area contributed by atoms with Gasteiger partial charge in [0.05, 0.1) is 19.4 Å². The zero-order chi connectivity index (χ0) is 30.0. The number of methoxy groups -OCH3 is 1. The van der Waals surface area contributed by atoms with Gasteiger partial charge in [0.25, 0.3) is 0 Å². The smallest absolute Gasteiger partial charge is 0.410 e. The molecule has 2 heterocycles. The maximum atomic E-state index is 13.1. The first-order valence-corrected chi connectivity index (χ1v) is 14.8. The Hall–Kier alpha value is -3.30. The van der Waals surface area contributed by atoms with E-state index in [1.165, 1.54) is 0 Å². The zero-order valence-corrected chi connectivity index (χ0v) is 25.0. The van der Waals surface area contributed by atoms with Gasteiger partial charge in [-0.3, -0.25) is 14.4 Å². The molecule has 2 N–H and O–H groups in total. The number of ether oxygens (including phenoxy) is 2. The summed E-state index contributed by atoms with van der Waals surface area (Å²) in [5.41, 5.74) is 0.526. The van der Waals surface area contributed by atoms with Crippen LogP contribution in [0.5, 0.6) is 5.75 Å². The van der Waals surface area contributed by atoms with Gasteiger partial charge in [0.1, 0.15) is 11.4 Å². The van der Waals surface area contributed by atoms with Crippen LogP contribution in [0, 0.1) is 11.8 Å². The lowest BCUT2D eigenvalue weighted by molar-refractivity contribution is -0.138. The van der Waals surface area contributed by atoms with Gasteiger partial charge < -0.3 is 29.7 Å². The minimum Gasteiger partial charge on any atom is -0.497 e. The van der Waals surface area contributed by atoms with E-state index in [-0.39, 0.29) is 30.2 Å². The van der Waals surface area contributed by atoms with Crippen LogP contribution in [-0.4, -0.2) is 83.7 Å². The predicted molar refractivity (Wildman–Crippen MR) is 155 cm³/mol. The van der Waals surface area contributed by atoms with Crippen LogP contribution in [0.15, 0.2) is 24.3 Å². The summed E-state index contributed by atoms with van der Waals surface area (Å²) in [6, 6.07) is 7.11. The van der Waals surface area contributed by atoms with Crippen molar-refractivity contribution in [3.05, 3.63) is 29.8 Å². The Bertz CT molecular complexity index is 1030. The number of carbonyl (C=O) groups excluding carboxylic acids is 3. The van der Waals surface area contributed by atoms with Crippen LogP contribution < -0.4 is 10.1 Å². The molecule has 10 heteroatoms. The van der Waals surface area contributed by atoms with E-state index in [4.69, 9.17) is 9.47 Å². The topological polar surface area (TPSA) is 125 Å². The molecule has 0 aliphatic carbocycles. The number of carbonyl (C=O) groups is 4. The Morgan fingerprint density at radius 3 is 2.32 bits per heavy atom. The summed E-state index contributed by atoms with van der Waals surface area (Å²) < 4.78 is 10.6. The fraction of sp³-hybridized carbons (Fsp3) is 0.677. The Balaban J connectivity index is 1.43. The highest BCUT2D eigenvalue weighted by Crippen LogP contribution is 2.25. The third-order valence-corrected chi connectivity index (χ3v) is 7.89. The summed E-state index contributed by atoms with van der Waals surface area (Å²) in [4.78, 5) is 53.5. The molecule has 1 unspecified atom stereocenters. The van der Waals surface area contributed by atoms with Crippen LogP contribution in [0.1, 0.15) is 77.7 Å². The largest absolute Gasteiger partial charge is 0.497 e. The summed E-state index contributed by atoms with van der Waals surface area (Å²) in [6.45, 7) is 7.84. The SMILES string of the molecule is COc1ccc(CCC(CC(=O)O)NC(=O)[C@@H]2CCCN(C(=O)CCC3CCN(C(=O)OC(C)(C)C)CC3)C2)cc1. The van der Waals surface area contributed by atoms with E-state index in [0.717, 1.165) is 37.0 Å². The van der Waals surface area contributed by atoms with Gasteiger partial charge in [-0.15, -0.1) is 0 Å². The van der Waals surface area contributed by atoms with Gasteiger partial charge in [0.15, 0.2) is 0 Å².